The highest BCUT2D eigenvalue weighted by molar-refractivity contribution is 6.17. The summed E-state index contributed by atoms with van der Waals surface area (Å²) in [5.41, 5.74) is 0.180. The molecule has 18 heavy (non-hydrogen) atoms. The molecule has 0 saturated carbocycles. The number of halogens is 1. The van der Waals surface area contributed by atoms with Gasteiger partial charge in [0.1, 0.15) is 5.82 Å². The molecule has 0 fully saturated rings. The average Bonchev–Trinajstić information content (AvgIpc) is 2.76. The van der Waals surface area contributed by atoms with E-state index in [4.69, 9.17) is 11.6 Å². The van der Waals surface area contributed by atoms with Crippen molar-refractivity contribution in [3.05, 3.63) is 22.6 Å². The van der Waals surface area contributed by atoms with Crippen molar-refractivity contribution in [2.45, 2.75) is 19.8 Å². The lowest BCUT2D eigenvalue weighted by atomic mass is 10.0. The van der Waals surface area contributed by atoms with E-state index in [0.717, 1.165) is 19.4 Å². The molecule has 0 aliphatic heterocycles. The Kier molecular flexibility index (Phi) is 4.19. The molecule has 7 heteroatoms. The van der Waals surface area contributed by atoms with Crippen molar-refractivity contribution in [3.8, 4) is 0 Å². The van der Waals surface area contributed by atoms with Crippen LogP contribution in [0.5, 0.6) is 0 Å². The van der Waals surface area contributed by atoms with E-state index in [2.05, 4.69) is 27.5 Å². The fourth-order valence-electron chi connectivity index (χ4n) is 1.75. The van der Waals surface area contributed by atoms with E-state index in [-0.39, 0.29) is 5.69 Å². The van der Waals surface area contributed by atoms with Crippen LogP contribution >= 0.6 is 11.6 Å². The monoisotopic (exact) mass is 269 g/mol. The highest BCUT2D eigenvalue weighted by Gasteiger charge is 2.07. The number of hydrogen-bond donors (Lipinski definition) is 2. The summed E-state index contributed by atoms with van der Waals surface area (Å²) in [4.78, 5) is 11.4. The van der Waals surface area contributed by atoms with Gasteiger partial charge in [-0.1, -0.05) is 13.3 Å². The molecular weight excluding hydrogens is 254 g/mol. The van der Waals surface area contributed by atoms with Crippen LogP contribution in [0.2, 0.25) is 0 Å². The average molecular weight is 270 g/mol. The minimum absolute atomic E-state index is 0.332. The maximum Gasteiger partial charge on any atom is 0.364 e. The summed E-state index contributed by atoms with van der Waals surface area (Å²) < 4.78 is 1.24. The number of H-pyrrole nitrogens is 1. The third-order valence-electron chi connectivity index (χ3n) is 2.94. The van der Waals surface area contributed by atoms with Gasteiger partial charge >= 0.3 is 5.69 Å². The van der Waals surface area contributed by atoms with Crippen molar-refractivity contribution in [1.29, 1.82) is 0 Å². The van der Waals surface area contributed by atoms with Crippen LogP contribution in [0.25, 0.3) is 5.65 Å². The van der Waals surface area contributed by atoms with Crippen molar-refractivity contribution in [3.63, 3.8) is 0 Å². The molecule has 0 amide bonds. The van der Waals surface area contributed by atoms with E-state index in [1.54, 1.807) is 6.07 Å². The Hall–Kier alpha value is -1.56. The number of fused-ring (bicyclic) bond motifs is 1. The van der Waals surface area contributed by atoms with Crippen LogP contribution in [-0.4, -0.2) is 32.2 Å². The van der Waals surface area contributed by atoms with Gasteiger partial charge in [0.2, 0.25) is 0 Å². The number of nitrogens with zero attached hydrogens (tertiary/aromatic N) is 3. The summed E-state index contributed by atoms with van der Waals surface area (Å²) in [6.45, 7) is 2.93. The number of alkyl halides is 1. The van der Waals surface area contributed by atoms with Crippen LogP contribution in [0.15, 0.2) is 16.9 Å². The fourth-order valence-corrected chi connectivity index (χ4v) is 2.06. The van der Waals surface area contributed by atoms with E-state index in [0.29, 0.717) is 23.3 Å². The van der Waals surface area contributed by atoms with Crippen molar-refractivity contribution in [2.75, 3.05) is 17.7 Å². The maximum absolute atomic E-state index is 11.4. The van der Waals surface area contributed by atoms with Crippen LogP contribution in [0, 0.1) is 5.92 Å². The Morgan fingerprint density at radius 1 is 1.56 bits per heavy atom. The van der Waals surface area contributed by atoms with Crippen molar-refractivity contribution >= 4 is 23.1 Å². The predicted octanol–water partition coefficient (Wildman–Crippen LogP) is 1.48. The van der Waals surface area contributed by atoms with Gasteiger partial charge in [0.15, 0.2) is 5.65 Å². The number of anilines is 1. The van der Waals surface area contributed by atoms with Gasteiger partial charge in [-0.15, -0.1) is 16.7 Å². The van der Waals surface area contributed by atoms with Crippen molar-refractivity contribution in [2.24, 2.45) is 5.92 Å². The molecule has 6 nitrogen and oxygen atoms in total. The van der Waals surface area contributed by atoms with Gasteiger partial charge in [-0.25, -0.2) is 9.89 Å². The van der Waals surface area contributed by atoms with Crippen molar-refractivity contribution in [1.82, 2.24) is 19.8 Å². The molecule has 0 spiro atoms. The Labute approximate surface area is 109 Å². The molecule has 98 valence electrons. The molecule has 2 aromatic heterocycles. The summed E-state index contributed by atoms with van der Waals surface area (Å²) in [5, 5.41) is 13.6. The first-order valence-corrected chi connectivity index (χ1v) is 6.52. The van der Waals surface area contributed by atoms with Gasteiger partial charge in [-0.3, -0.25) is 0 Å². The smallest absolute Gasteiger partial charge is 0.364 e. The maximum atomic E-state index is 11.4. The zero-order chi connectivity index (χ0) is 13.0. The van der Waals surface area contributed by atoms with Gasteiger partial charge in [0.05, 0.1) is 0 Å². The summed E-state index contributed by atoms with van der Waals surface area (Å²) in [5.74, 6) is 1.84. The Balaban J connectivity index is 2.07. The summed E-state index contributed by atoms with van der Waals surface area (Å²) in [6, 6.07) is 3.55. The van der Waals surface area contributed by atoms with E-state index in [9.17, 15) is 4.79 Å². The molecule has 0 aliphatic carbocycles. The zero-order valence-electron chi connectivity index (χ0n) is 10.2. The molecular formula is C11H16ClN5O. The quantitative estimate of drug-likeness (QED) is 0.779. The lowest BCUT2D eigenvalue weighted by molar-refractivity contribution is 0.520. The molecule has 2 rings (SSSR count). The number of hydrogen-bond acceptors (Lipinski definition) is 4. The molecule has 2 aromatic rings. The molecule has 0 aliphatic rings. The second kappa shape index (κ2) is 5.86. The number of nitrogens with one attached hydrogen (secondary N) is 2. The molecule has 1 unspecified atom stereocenters. The first-order valence-electron chi connectivity index (χ1n) is 5.99. The Morgan fingerprint density at radius 3 is 3.11 bits per heavy atom. The van der Waals surface area contributed by atoms with Gasteiger partial charge in [-0.2, -0.15) is 9.61 Å². The lowest BCUT2D eigenvalue weighted by Gasteiger charge is -2.14. The SMILES string of the molecule is CCC(CCCl)CNc1ccc2n[nH]c(=O)n2n1. The predicted molar refractivity (Wildman–Crippen MR) is 71.2 cm³/mol. The second-order valence-electron chi connectivity index (χ2n) is 4.15. The third-order valence-corrected chi connectivity index (χ3v) is 3.16. The highest BCUT2D eigenvalue weighted by atomic mass is 35.5. The van der Waals surface area contributed by atoms with Crippen LogP contribution in [0.1, 0.15) is 19.8 Å². The molecule has 1 atom stereocenters. The minimum Gasteiger partial charge on any atom is -0.368 e. The molecule has 2 heterocycles. The normalized spacial score (nSPS) is 12.8. The standard InChI is InChI=1S/C11H16ClN5O/c1-2-8(5-6-12)7-13-9-3-4-10-14-15-11(18)17(10)16-9/h3-4,8H,2,5-7H2,1H3,(H,13,16)(H,15,18). The minimum atomic E-state index is -0.332. The van der Waals surface area contributed by atoms with Gasteiger partial charge in [0.25, 0.3) is 0 Å². The van der Waals surface area contributed by atoms with Crippen LogP contribution in [0.4, 0.5) is 5.82 Å². The van der Waals surface area contributed by atoms with Crippen LogP contribution < -0.4 is 11.0 Å². The van der Waals surface area contributed by atoms with Crippen LogP contribution in [0.3, 0.4) is 0 Å². The molecule has 0 aromatic carbocycles. The molecule has 2 N–H and O–H groups in total. The number of rotatable bonds is 6. The molecule has 0 saturated heterocycles. The number of aromatic nitrogens is 4. The Morgan fingerprint density at radius 2 is 2.39 bits per heavy atom. The highest BCUT2D eigenvalue weighted by Crippen LogP contribution is 2.11. The summed E-state index contributed by atoms with van der Waals surface area (Å²) in [7, 11) is 0. The second-order valence-corrected chi connectivity index (χ2v) is 4.53. The van der Waals surface area contributed by atoms with E-state index >= 15 is 0 Å². The Bertz CT molecular complexity index is 564. The van der Waals surface area contributed by atoms with E-state index in [1.165, 1.54) is 4.52 Å². The van der Waals surface area contributed by atoms with Gasteiger partial charge in [0, 0.05) is 12.4 Å². The first kappa shape index (κ1) is 12.9. The van der Waals surface area contributed by atoms with Crippen LogP contribution in [-0.2, 0) is 0 Å². The number of aromatic amines is 1. The first-order chi connectivity index (χ1) is 8.74. The molecule has 0 bridgehead atoms. The van der Waals surface area contributed by atoms with E-state index < -0.39 is 0 Å². The molecule has 0 radical (unpaired) electrons. The third kappa shape index (κ3) is 2.81. The summed E-state index contributed by atoms with van der Waals surface area (Å²) in [6.07, 6.45) is 2.03. The van der Waals surface area contributed by atoms with E-state index in [1.807, 2.05) is 6.07 Å². The van der Waals surface area contributed by atoms with Gasteiger partial charge in [-0.05, 0) is 24.5 Å². The zero-order valence-corrected chi connectivity index (χ0v) is 10.9. The lowest BCUT2D eigenvalue weighted by Crippen LogP contribution is -2.18. The van der Waals surface area contributed by atoms with Crippen molar-refractivity contribution < 1.29 is 0 Å². The fraction of sp³-hybridized carbons (Fsp3) is 0.545. The largest absolute Gasteiger partial charge is 0.368 e. The summed E-state index contributed by atoms with van der Waals surface area (Å²) >= 11 is 5.74. The van der Waals surface area contributed by atoms with Gasteiger partial charge < -0.3 is 5.32 Å². The topological polar surface area (TPSA) is 75.1 Å².